The van der Waals surface area contributed by atoms with Crippen LogP contribution in [0.1, 0.15) is 30.2 Å². The first-order valence-electron chi connectivity index (χ1n) is 8.22. The van der Waals surface area contributed by atoms with Crippen molar-refractivity contribution in [2.75, 3.05) is 12.3 Å². The fourth-order valence-corrected chi connectivity index (χ4v) is 2.99. The minimum atomic E-state index is -0.458. The Labute approximate surface area is 148 Å². The number of hydrogen-bond acceptors (Lipinski definition) is 4. The van der Waals surface area contributed by atoms with Gasteiger partial charge < -0.3 is 14.5 Å². The van der Waals surface area contributed by atoms with Gasteiger partial charge in [-0.1, -0.05) is 19.1 Å². The van der Waals surface area contributed by atoms with Crippen LogP contribution < -0.4 is 10.1 Å². The van der Waals surface area contributed by atoms with E-state index in [0.717, 1.165) is 34.1 Å². The van der Waals surface area contributed by atoms with Gasteiger partial charge in [-0.3, -0.25) is 4.79 Å². The van der Waals surface area contributed by atoms with Crippen LogP contribution in [0.25, 0.3) is 0 Å². The fraction of sp³-hybridized carbons (Fsp3) is 0.421. The van der Waals surface area contributed by atoms with Gasteiger partial charge in [0.1, 0.15) is 11.5 Å². The molecule has 1 aromatic carbocycles. The highest BCUT2D eigenvalue weighted by atomic mass is 32.2. The molecule has 0 aliphatic heterocycles. The van der Waals surface area contributed by atoms with Crippen LogP contribution in [0.3, 0.4) is 0 Å². The fourth-order valence-electron chi connectivity index (χ4n) is 2.24. The highest BCUT2D eigenvalue weighted by Crippen LogP contribution is 2.21. The van der Waals surface area contributed by atoms with Gasteiger partial charge in [0.15, 0.2) is 6.10 Å². The molecule has 0 fully saturated rings. The summed E-state index contributed by atoms with van der Waals surface area (Å²) in [6, 6.07) is 9.87. The average Bonchev–Trinajstić information content (AvgIpc) is 3.08. The summed E-state index contributed by atoms with van der Waals surface area (Å²) < 4.78 is 11.2. The van der Waals surface area contributed by atoms with Crippen molar-refractivity contribution >= 4 is 17.7 Å². The summed E-state index contributed by atoms with van der Waals surface area (Å²) in [5.74, 6) is 3.34. The average molecular weight is 347 g/mol. The van der Waals surface area contributed by atoms with Crippen molar-refractivity contribution in [3.63, 3.8) is 0 Å². The van der Waals surface area contributed by atoms with Crippen LogP contribution in [-0.2, 0) is 10.5 Å². The first-order valence-corrected chi connectivity index (χ1v) is 9.37. The van der Waals surface area contributed by atoms with E-state index in [-0.39, 0.29) is 5.91 Å². The second kappa shape index (κ2) is 9.42. The molecule has 130 valence electrons. The normalized spacial score (nSPS) is 12.0. The summed E-state index contributed by atoms with van der Waals surface area (Å²) in [5.41, 5.74) is 2.17. The smallest absolute Gasteiger partial charge is 0.261 e. The molecule has 1 aromatic heterocycles. The molecule has 1 amide bonds. The Hall–Kier alpha value is -1.88. The largest absolute Gasteiger partial charge is 0.480 e. The zero-order valence-electron chi connectivity index (χ0n) is 14.5. The standard InChI is InChI=1S/C19H25NO3S/c1-4-17(23-18-12-14(2)7-8-15(18)3)19(21)20-9-11-24-13-16-6-5-10-22-16/h5-8,10,12,17H,4,9,11,13H2,1-3H3,(H,20,21)/t17-/m0/s1. The third-order valence-electron chi connectivity index (χ3n) is 3.65. The lowest BCUT2D eigenvalue weighted by molar-refractivity contribution is -0.128. The first-order chi connectivity index (χ1) is 11.6. The second-order valence-corrected chi connectivity index (χ2v) is 6.81. The third kappa shape index (κ3) is 5.64. The van der Waals surface area contributed by atoms with Gasteiger partial charge in [-0.15, -0.1) is 0 Å². The van der Waals surface area contributed by atoms with Crippen LogP contribution in [0.15, 0.2) is 41.0 Å². The summed E-state index contributed by atoms with van der Waals surface area (Å²) in [7, 11) is 0. The molecular formula is C19H25NO3S. The Morgan fingerprint density at radius 1 is 1.33 bits per heavy atom. The molecule has 0 saturated heterocycles. The van der Waals surface area contributed by atoms with E-state index in [1.165, 1.54) is 0 Å². The van der Waals surface area contributed by atoms with Gasteiger partial charge in [0.25, 0.3) is 5.91 Å². The predicted octanol–water partition coefficient (Wildman–Crippen LogP) is 4.10. The lowest BCUT2D eigenvalue weighted by atomic mass is 10.1. The van der Waals surface area contributed by atoms with Crippen molar-refractivity contribution < 1.29 is 13.9 Å². The SMILES string of the molecule is CC[C@H](Oc1cc(C)ccc1C)C(=O)NCCSCc1ccco1. The Morgan fingerprint density at radius 3 is 2.88 bits per heavy atom. The van der Waals surface area contributed by atoms with Crippen molar-refractivity contribution in [2.45, 2.75) is 39.0 Å². The molecular weight excluding hydrogens is 322 g/mol. The molecule has 1 N–H and O–H groups in total. The molecule has 4 nitrogen and oxygen atoms in total. The highest BCUT2D eigenvalue weighted by molar-refractivity contribution is 7.98. The van der Waals surface area contributed by atoms with Crippen LogP contribution in [0.2, 0.25) is 0 Å². The Kier molecular flexibility index (Phi) is 7.25. The highest BCUT2D eigenvalue weighted by Gasteiger charge is 2.18. The van der Waals surface area contributed by atoms with E-state index in [1.807, 2.05) is 51.1 Å². The van der Waals surface area contributed by atoms with Crippen LogP contribution >= 0.6 is 11.8 Å². The van der Waals surface area contributed by atoms with E-state index in [2.05, 4.69) is 5.32 Å². The number of hydrogen-bond donors (Lipinski definition) is 1. The minimum Gasteiger partial charge on any atom is -0.480 e. The van der Waals surface area contributed by atoms with Gasteiger partial charge in [-0.05, 0) is 49.6 Å². The van der Waals surface area contributed by atoms with E-state index >= 15 is 0 Å². The number of benzene rings is 1. The Balaban J connectivity index is 1.75. The first kappa shape index (κ1) is 18.5. The van der Waals surface area contributed by atoms with Gasteiger partial charge >= 0.3 is 0 Å². The molecule has 0 unspecified atom stereocenters. The maximum atomic E-state index is 12.3. The summed E-state index contributed by atoms with van der Waals surface area (Å²) in [5, 5.41) is 2.95. The molecule has 1 atom stereocenters. The van der Waals surface area contributed by atoms with Crippen molar-refractivity contribution in [3.8, 4) is 5.75 Å². The van der Waals surface area contributed by atoms with E-state index < -0.39 is 6.10 Å². The van der Waals surface area contributed by atoms with E-state index in [0.29, 0.717) is 13.0 Å². The summed E-state index contributed by atoms with van der Waals surface area (Å²) >= 11 is 1.73. The molecule has 5 heteroatoms. The van der Waals surface area contributed by atoms with Gasteiger partial charge in [-0.2, -0.15) is 11.8 Å². The number of nitrogens with one attached hydrogen (secondary N) is 1. The van der Waals surface area contributed by atoms with Gasteiger partial charge in [0.2, 0.25) is 0 Å². The molecule has 0 radical (unpaired) electrons. The summed E-state index contributed by atoms with van der Waals surface area (Å²) in [6.45, 7) is 6.59. The lowest BCUT2D eigenvalue weighted by Gasteiger charge is -2.19. The Bertz CT molecular complexity index is 640. The number of aryl methyl sites for hydroxylation is 2. The van der Waals surface area contributed by atoms with E-state index in [1.54, 1.807) is 18.0 Å². The number of thioether (sulfide) groups is 1. The molecule has 1 heterocycles. The van der Waals surface area contributed by atoms with Gasteiger partial charge in [0, 0.05) is 12.3 Å². The van der Waals surface area contributed by atoms with E-state index in [9.17, 15) is 4.79 Å². The van der Waals surface area contributed by atoms with Crippen LogP contribution in [0.4, 0.5) is 0 Å². The van der Waals surface area contributed by atoms with Crippen molar-refractivity contribution in [1.29, 1.82) is 0 Å². The third-order valence-corrected chi connectivity index (χ3v) is 4.63. The number of carbonyl (C=O) groups is 1. The molecule has 2 aromatic rings. The predicted molar refractivity (Wildman–Crippen MR) is 98.5 cm³/mol. The maximum Gasteiger partial charge on any atom is 0.261 e. The maximum absolute atomic E-state index is 12.3. The lowest BCUT2D eigenvalue weighted by Crippen LogP contribution is -2.39. The number of amides is 1. The van der Waals surface area contributed by atoms with E-state index in [4.69, 9.17) is 9.15 Å². The zero-order chi connectivity index (χ0) is 17.4. The number of furan rings is 1. The zero-order valence-corrected chi connectivity index (χ0v) is 15.3. The van der Waals surface area contributed by atoms with Crippen molar-refractivity contribution in [2.24, 2.45) is 0 Å². The molecule has 0 aliphatic carbocycles. The molecule has 0 aliphatic rings. The van der Waals surface area contributed by atoms with Crippen molar-refractivity contribution in [1.82, 2.24) is 5.32 Å². The van der Waals surface area contributed by atoms with Crippen molar-refractivity contribution in [3.05, 3.63) is 53.5 Å². The van der Waals surface area contributed by atoms with Crippen LogP contribution in [-0.4, -0.2) is 24.3 Å². The number of carbonyl (C=O) groups excluding carboxylic acids is 1. The second-order valence-electron chi connectivity index (χ2n) is 5.71. The minimum absolute atomic E-state index is 0.0583. The molecule has 24 heavy (non-hydrogen) atoms. The van der Waals surface area contributed by atoms with Gasteiger partial charge in [0.05, 0.1) is 12.0 Å². The summed E-state index contributed by atoms with van der Waals surface area (Å²) in [6.07, 6.45) is 1.85. The van der Waals surface area contributed by atoms with Crippen LogP contribution in [0.5, 0.6) is 5.75 Å². The topological polar surface area (TPSA) is 51.5 Å². The Morgan fingerprint density at radius 2 is 2.17 bits per heavy atom. The monoisotopic (exact) mass is 347 g/mol. The number of ether oxygens (including phenoxy) is 1. The molecule has 0 saturated carbocycles. The van der Waals surface area contributed by atoms with Crippen LogP contribution in [0, 0.1) is 13.8 Å². The quantitative estimate of drug-likeness (QED) is 0.694. The molecule has 0 bridgehead atoms. The number of rotatable bonds is 9. The molecule has 0 spiro atoms. The van der Waals surface area contributed by atoms with Gasteiger partial charge in [-0.25, -0.2) is 0 Å². The summed E-state index contributed by atoms with van der Waals surface area (Å²) in [4.78, 5) is 12.3. The molecule has 2 rings (SSSR count).